The second-order valence-corrected chi connectivity index (χ2v) is 20.4. The molecule has 0 radical (unpaired) electrons. The fourth-order valence-electron chi connectivity index (χ4n) is 6.20. The number of benzene rings is 1. The minimum atomic E-state index is -2.09. The van der Waals surface area contributed by atoms with Crippen molar-refractivity contribution < 1.29 is 9.53 Å². The zero-order valence-corrected chi connectivity index (χ0v) is 28.4. The molecule has 0 saturated heterocycles. The van der Waals surface area contributed by atoms with Gasteiger partial charge in [-0.3, -0.25) is 4.98 Å². The van der Waals surface area contributed by atoms with Crippen molar-refractivity contribution in [2.24, 2.45) is 5.41 Å². The predicted molar refractivity (Wildman–Crippen MR) is 172 cm³/mol. The largest absolute Gasteiger partial charge is 0.410 e. The van der Waals surface area contributed by atoms with Gasteiger partial charge in [0.2, 0.25) is 0 Å². The van der Waals surface area contributed by atoms with Crippen molar-refractivity contribution in [2.45, 2.75) is 136 Å². The third-order valence-corrected chi connectivity index (χ3v) is 14.2. The topological polar surface area (TPSA) is 66.1 Å². The first kappa shape index (κ1) is 31.7. The Balaban J connectivity index is 1.98. The Kier molecular flexibility index (Phi) is 8.57. The Morgan fingerprint density at radius 3 is 2.24 bits per heavy atom. The summed E-state index contributed by atoms with van der Waals surface area (Å²) in [5.74, 6) is 0.160. The minimum Gasteiger partial charge on any atom is -0.410 e. The highest BCUT2D eigenvalue weighted by atomic mass is 28.4. The SMILES string of the molecule is CC(C)c1nc2c(c(C3=CCCC3)c1[C@@H](O)c1ccc(C(C)(C)C#N)cc1)C(O[Si](C)(C)C(C)(C)C)CC(C)(C)C2. The van der Waals surface area contributed by atoms with Crippen LogP contribution in [0.15, 0.2) is 30.3 Å². The van der Waals surface area contributed by atoms with Gasteiger partial charge in [-0.15, -0.1) is 0 Å². The van der Waals surface area contributed by atoms with Crippen LogP contribution < -0.4 is 0 Å². The van der Waals surface area contributed by atoms with Gasteiger partial charge in [-0.25, -0.2) is 0 Å². The van der Waals surface area contributed by atoms with E-state index in [1.54, 1.807) is 0 Å². The number of aromatic nitrogens is 1. The zero-order valence-electron chi connectivity index (χ0n) is 27.4. The molecule has 4 nitrogen and oxygen atoms in total. The fraction of sp³-hybridized carbons (Fsp3) is 0.611. The first-order valence-electron chi connectivity index (χ1n) is 15.5. The first-order valence-corrected chi connectivity index (χ1v) is 18.4. The minimum absolute atomic E-state index is 0.0513. The number of aliphatic hydroxyl groups is 1. The molecule has 0 aliphatic heterocycles. The lowest BCUT2D eigenvalue weighted by molar-refractivity contribution is 0.105. The van der Waals surface area contributed by atoms with Crippen molar-refractivity contribution in [3.63, 3.8) is 0 Å². The van der Waals surface area contributed by atoms with Gasteiger partial charge in [0.1, 0.15) is 6.10 Å². The van der Waals surface area contributed by atoms with E-state index in [0.29, 0.717) is 0 Å². The molecule has 2 aliphatic rings. The molecule has 1 aromatic heterocycles. The van der Waals surface area contributed by atoms with E-state index in [-0.39, 0.29) is 22.5 Å². The highest BCUT2D eigenvalue weighted by Crippen LogP contribution is 2.52. The first-order chi connectivity index (χ1) is 18.9. The Morgan fingerprint density at radius 2 is 1.73 bits per heavy atom. The Bertz CT molecular complexity index is 1350. The van der Waals surface area contributed by atoms with Crippen LogP contribution in [0.2, 0.25) is 18.1 Å². The standard InChI is InChI=1S/C36H52N2O2Si/c1-23(2)32-31(33(39)25-16-18-26(19-17-25)36(8,9)22-37)29(24-14-12-13-15-24)30-27(38-32)20-35(6,7)21-28(30)40-41(10,11)34(3,4)5/h14,16-19,23,28,33,39H,12-13,15,20-21H2,1-11H3/t28?,33-/m0/s1. The molecule has 0 saturated carbocycles. The zero-order chi connectivity index (χ0) is 30.5. The lowest BCUT2D eigenvalue weighted by Gasteiger charge is -2.45. The molecule has 0 bridgehead atoms. The van der Waals surface area contributed by atoms with Gasteiger partial charge in [0.05, 0.1) is 17.6 Å². The van der Waals surface area contributed by atoms with Crippen LogP contribution in [0.5, 0.6) is 0 Å². The van der Waals surface area contributed by atoms with Crippen LogP contribution in [0.3, 0.4) is 0 Å². The Hall–Kier alpha value is -2.26. The molecule has 222 valence electrons. The van der Waals surface area contributed by atoms with Gasteiger partial charge < -0.3 is 9.53 Å². The van der Waals surface area contributed by atoms with Crippen molar-refractivity contribution in [2.75, 3.05) is 0 Å². The molecule has 5 heteroatoms. The van der Waals surface area contributed by atoms with Gasteiger partial charge >= 0.3 is 0 Å². The fourth-order valence-corrected chi connectivity index (χ4v) is 7.47. The van der Waals surface area contributed by atoms with Crippen molar-refractivity contribution in [3.05, 3.63) is 69.5 Å². The monoisotopic (exact) mass is 572 g/mol. The van der Waals surface area contributed by atoms with Crippen molar-refractivity contribution >= 4 is 13.9 Å². The van der Waals surface area contributed by atoms with Crippen LogP contribution >= 0.6 is 0 Å². The van der Waals surface area contributed by atoms with Gasteiger partial charge in [-0.05, 0) is 97.7 Å². The van der Waals surface area contributed by atoms with E-state index in [4.69, 9.17) is 9.41 Å². The van der Waals surface area contributed by atoms with Crippen molar-refractivity contribution in [1.82, 2.24) is 4.98 Å². The van der Waals surface area contributed by atoms with E-state index in [1.807, 2.05) is 38.1 Å². The number of nitrogens with zero attached hydrogens (tertiary/aromatic N) is 2. The van der Waals surface area contributed by atoms with Crippen LogP contribution in [0.25, 0.3) is 5.57 Å². The number of nitriles is 1. The number of fused-ring (bicyclic) bond motifs is 1. The summed E-state index contributed by atoms with van der Waals surface area (Å²) in [4.78, 5) is 5.40. The summed E-state index contributed by atoms with van der Waals surface area (Å²) in [6.07, 6.45) is 6.59. The number of pyridine rings is 1. The molecule has 0 spiro atoms. The van der Waals surface area contributed by atoms with E-state index in [2.05, 4.69) is 73.7 Å². The molecule has 2 atom stereocenters. The molecular weight excluding hydrogens is 520 g/mol. The molecule has 1 heterocycles. The van der Waals surface area contributed by atoms with Gasteiger partial charge in [-0.2, -0.15) is 5.26 Å². The molecule has 1 aromatic carbocycles. The van der Waals surface area contributed by atoms with Gasteiger partial charge in [0.25, 0.3) is 0 Å². The summed E-state index contributed by atoms with van der Waals surface area (Å²) in [5, 5.41) is 21.9. The maximum absolute atomic E-state index is 12.2. The van der Waals surface area contributed by atoms with Crippen LogP contribution in [0.4, 0.5) is 0 Å². The van der Waals surface area contributed by atoms with Gasteiger partial charge in [0.15, 0.2) is 8.32 Å². The lowest BCUT2D eigenvalue weighted by atomic mass is 9.71. The summed E-state index contributed by atoms with van der Waals surface area (Å²) >= 11 is 0. The molecule has 1 N–H and O–H groups in total. The van der Waals surface area contributed by atoms with Crippen LogP contribution in [-0.2, 0) is 16.3 Å². The number of allylic oxidation sites excluding steroid dienone is 2. The molecule has 2 aliphatic carbocycles. The van der Waals surface area contributed by atoms with Gasteiger partial charge in [-0.1, -0.05) is 78.8 Å². The number of aliphatic hydroxyl groups excluding tert-OH is 1. The summed E-state index contributed by atoms with van der Waals surface area (Å²) < 4.78 is 7.27. The second-order valence-electron chi connectivity index (χ2n) is 15.6. The molecule has 2 aromatic rings. The van der Waals surface area contributed by atoms with Crippen LogP contribution in [0.1, 0.15) is 145 Å². The highest BCUT2D eigenvalue weighted by molar-refractivity contribution is 6.74. The second kappa shape index (κ2) is 11.1. The van der Waals surface area contributed by atoms with Crippen LogP contribution in [-0.4, -0.2) is 18.4 Å². The van der Waals surface area contributed by atoms with E-state index in [0.717, 1.165) is 60.2 Å². The van der Waals surface area contributed by atoms with Crippen molar-refractivity contribution in [3.8, 4) is 6.07 Å². The van der Waals surface area contributed by atoms with E-state index >= 15 is 0 Å². The molecular formula is C36H52N2O2Si. The number of rotatable bonds is 7. The van der Waals surface area contributed by atoms with Gasteiger partial charge in [0, 0.05) is 22.5 Å². The Morgan fingerprint density at radius 1 is 1.10 bits per heavy atom. The third kappa shape index (κ3) is 6.26. The van der Waals surface area contributed by atoms with E-state index in [9.17, 15) is 10.4 Å². The average molecular weight is 573 g/mol. The lowest BCUT2D eigenvalue weighted by Crippen LogP contribution is -2.44. The van der Waals surface area contributed by atoms with Crippen LogP contribution in [0, 0.1) is 16.7 Å². The highest BCUT2D eigenvalue weighted by Gasteiger charge is 2.45. The quantitative estimate of drug-likeness (QED) is 0.335. The van der Waals surface area contributed by atoms with E-state index in [1.165, 1.54) is 16.7 Å². The predicted octanol–water partition coefficient (Wildman–Crippen LogP) is 9.69. The Labute approximate surface area is 250 Å². The number of hydrogen-bond donors (Lipinski definition) is 1. The summed E-state index contributed by atoms with van der Waals surface area (Å²) in [6, 6.07) is 10.3. The average Bonchev–Trinajstić information content (AvgIpc) is 3.40. The maximum atomic E-state index is 12.2. The molecule has 4 rings (SSSR count). The summed E-state index contributed by atoms with van der Waals surface area (Å²) in [6.45, 7) is 24.5. The van der Waals surface area contributed by atoms with E-state index < -0.39 is 19.8 Å². The normalized spacial score (nSPS) is 20.0. The molecule has 0 fully saturated rings. The molecule has 1 unspecified atom stereocenters. The summed E-state index contributed by atoms with van der Waals surface area (Å²) in [7, 11) is -2.09. The number of hydrogen-bond acceptors (Lipinski definition) is 4. The third-order valence-electron chi connectivity index (χ3n) is 9.74. The maximum Gasteiger partial charge on any atom is 0.192 e. The smallest absolute Gasteiger partial charge is 0.192 e. The van der Waals surface area contributed by atoms with Crippen molar-refractivity contribution in [1.29, 1.82) is 5.26 Å². The summed E-state index contributed by atoms with van der Waals surface area (Å²) in [5.41, 5.74) is 8.13. The molecule has 0 amide bonds. The molecule has 41 heavy (non-hydrogen) atoms.